The summed E-state index contributed by atoms with van der Waals surface area (Å²) in [6.07, 6.45) is 12.7. The van der Waals surface area contributed by atoms with Crippen LogP contribution in [0, 0.1) is 45.8 Å². The van der Waals surface area contributed by atoms with Gasteiger partial charge < -0.3 is 5.11 Å². The van der Waals surface area contributed by atoms with Gasteiger partial charge in [-0.3, -0.25) is 0 Å². The maximum Gasteiger partial charge on any atom is 0.0569 e. The average Bonchev–Trinajstić information content (AvgIpc) is 3.00. The minimum Gasteiger partial charge on any atom is -0.393 e. The molecule has 0 saturated heterocycles. The zero-order valence-electron chi connectivity index (χ0n) is 21.7. The van der Waals surface area contributed by atoms with Gasteiger partial charge in [-0.05, 0) is 110 Å². The molecule has 0 aromatic carbocycles. The van der Waals surface area contributed by atoms with Crippen molar-refractivity contribution in [3.05, 3.63) is 23.3 Å². The van der Waals surface area contributed by atoms with Crippen LogP contribution in [0.4, 0.5) is 0 Å². The van der Waals surface area contributed by atoms with Crippen molar-refractivity contribution in [3.63, 3.8) is 0 Å². The van der Waals surface area contributed by atoms with Gasteiger partial charge in [0, 0.05) is 0 Å². The number of aliphatic hydroxyl groups excluding tert-OH is 1. The van der Waals surface area contributed by atoms with Crippen LogP contribution in [0.3, 0.4) is 0 Å². The number of aliphatic hydroxyl groups is 1. The largest absolute Gasteiger partial charge is 0.393 e. The number of rotatable bonds is 5. The fourth-order valence-corrected chi connectivity index (χ4v) is 9.16. The lowest BCUT2D eigenvalue weighted by Gasteiger charge is -2.60. The number of fused-ring (bicyclic) bond motifs is 4. The highest BCUT2D eigenvalue weighted by Gasteiger charge is 2.62. The van der Waals surface area contributed by atoms with E-state index in [0.717, 1.165) is 18.3 Å². The molecule has 1 N–H and O–H groups in total. The van der Waals surface area contributed by atoms with Crippen LogP contribution in [0.15, 0.2) is 23.3 Å². The monoisotopic (exact) mass is 426 g/mol. The first-order valence-electron chi connectivity index (χ1n) is 13.5. The summed E-state index contributed by atoms with van der Waals surface area (Å²) in [5.74, 6) is 3.40. The molecular formula is C30H50O. The second-order valence-corrected chi connectivity index (χ2v) is 13.2. The fraction of sp³-hybridized carbons (Fsp3) is 0.867. The molecule has 176 valence electrons. The van der Waals surface area contributed by atoms with Gasteiger partial charge in [-0.25, -0.2) is 0 Å². The number of allylic oxidation sites excluding steroid dienone is 3. The van der Waals surface area contributed by atoms with Crippen molar-refractivity contribution in [1.82, 2.24) is 0 Å². The van der Waals surface area contributed by atoms with Gasteiger partial charge in [-0.2, -0.15) is 0 Å². The van der Waals surface area contributed by atoms with E-state index in [-0.39, 0.29) is 6.10 Å². The van der Waals surface area contributed by atoms with Crippen molar-refractivity contribution < 1.29 is 5.11 Å². The van der Waals surface area contributed by atoms with Crippen LogP contribution in [0.25, 0.3) is 0 Å². The molecule has 4 rings (SSSR count). The molecule has 0 amide bonds. The SMILES string of the molecule is C=C(CC[C@@H](C)[C@H]1CC[C@@]2(C)C3=C(CC[C@]12C)[C@@]1(C)CC[C@H](O)[C@H](C)[C@@H]1CC3)C(C)C. The van der Waals surface area contributed by atoms with Crippen molar-refractivity contribution in [2.45, 2.75) is 119 Å². The smallest absolute Gasteiger partial charge is 0.0569 e. The van der Waals surface area contributed by atoms with Crippen LogP contribution >= 0.6 is 0 Å². The second kappa shape index (κ2) is 8.03. The van der Waals surface area contributed by atoms with Crippen LogP contribution in [-0.4, -0.2) is 11.2 Å². The van der Waals surface area contributed by atoms with E-state index in [1.54, 1.807) is 0 Å². The summed E-state index contributed by atoms with van der Waals surface area (Å²) in [4.78, 5) is 0. The molecule has 0 aliphatic heterocycles. The molecule has 2 fully saturated rings. The molecule has 8 atom stereocenters. The lowest BCUT2D eigenvalue weighted by molar-refractivity contribution is -0.0413. The molecule has 0 radical (unpaired) electrons. The van der Waals surface area contributed by atoms with Gasteiger partial charge in [-0.1, -0.05) is 71.8 Å². The summed E-state index contributed by atoms with van der Waals surface area (Å²) in [6.45, 7) is 21.7. The Morgan fingerprint density at radius 2 is 1.71 bits per heavy atom. The topological polar surface area (TPSA) is 20.2 Å². The van der Waals surface area contributed by atoms with E-state index in [9.17, 15) is 5.11 Å². The van der Waals surface area contributed by atoms with Gasteiger partial charge in [0.25, 0.3) is 0 Å². The molecule has 0 unspecified atom stereocenters. The van der Waals surface area contributed by atoms with E-state index >= 15 is 0 Å². The maximum absolute atomic E-state index is 10.6. The molecule has 0 heterocycles. The van der Waals surface area contributed by atoms with Crippen molar-refractivity contribution in [2.24, 2.45) is 45.8 Å². The van der Waals surface area contributed by atoms with Gasteiger partial charge in [0.1, 0.15) is 0 Å². The van der Waals surface area contributed by atoms with Crippen LogP contribution in [0.2, 0.25) is 0 Å². The fourth-order valence-electron chi connectivity index (χ4n) is 9.16. The number of hydrogen-bond acceptors (Lipinski definition) is 1. The Morgan fingerprint density at radius 3 is 2.39 bits per heavy atom. The summed E-state index contributed by atoms with van der Waals surface area (Å²) < 4.78 is 0. The molecular weight excluding hydrogens is 376 g/mol. The molecule has 1 nitrogen and oxygen atoms in total. The Morgan fingerprint density at radius 1 is 1.00 bits per heavy atom. The molecule has 31 heavy (non-hydrogen) atoms. The molecule has 4 aliphatic rings. The first kappa shape index (κ1) is 23.6. The van der Waals surface area contributed by atoms with E-state index < -0.39 is 0 Å². The van der Waals surface area contributed by atoms with Crippen molar-refractivity contribution in [3.8, 4) is 0 Å². The Hall–Kier alpha value is -0.560. The van der Waals surface area contributed by atoms with E-state index in [2.05, 4.69) is 55.0 Å². The Balaban J connectivity index is 1.60. The zero-order valence-corrected chi connectivity index (χ0v) is 21.7. The zero-order chi connectivity index (χ0) is 22.8. The molecule has 0 aromatic rings. The highest BCUT2D eigenvalue weighted by molar-refractivity contribution is 5.38. The maximum atomic E-state index is 10.6. The Kier molecular flexibility index (Phi) is 6.11. The highest BCUT2D eigenvalue weighted by Crippen LogP contribution is 2.71. The van der Waals surface area contributed by atoms with Gasteiger partial charge in [0.2, 0.25) is 0 Å². The van der Waals surface area contributed by atoms with Gasteiger partial charge in [0.15, 0.2) is 0 Å². The van der Waals surface area contributed by atoms with E-state index in [1.807, 2.05) is 11.1 Å². The predicted molar refractivity (Wildman–Crippen MR) is 133 cm³/mol. The summed E-state index contributed by atoms with van der Waals surface area (Å²) in [6, 6.07) is 0. The lowest BCUT2D eigenvalue weighted by Crippen LogP contribution is -2.51. The molecule has 0 bridgehead atoms. The highest BCUT2D eigenvalue weighted by atomic mass is 16.3. The average molecular weight is 427 g/mol. The van der Waals surface area contributed by atoms with Crippen LogP contribution in [0.5, 0.6) is 0 Å². The van der Waals surface area contributed by atoms with Gasteiger partial charge >= 0.3 is 0 Å². The summed E-state index contributed by atoms with van der Waals surface area (Å²) >= 11 is 0. The first-order valence-corrected chi connectivity index (χ1v) is 13.5. The van der Waals surface area contributed by atoms with E-state index in [4.69, 9.17) is 0 Å². The van der Waals surface area contributed by atoms with E-state index in [1.165, 1.54) is 63.4 Å². The second-order valence-electron chi connectivity index (χ2n) is 13.2. The van der Waals surface area contributed by atoms with Gasteiger partial charge in [0.05, 0.1) is 6.10 Å². The minimum atomic E-state index is -0.0815. The number of hydrogen-bond donors (Lipinski definition) is 1. The standard InChI is InChI=1S/C30H50O/c1-19(2)20(3)9-10-21(4)23-13-17-30(8)26-12-11-24-22(5)27(31)15-16-28(24,6)25(26)14-18-29(23,30)7/h19,21-24,27,31H,3,9-18H2,1-2,4-8H3/t21-,22-,23-,24+,27+,28+,29-,30+/m1/s1. The van der Waals surface area contributed by atoms with Crippen LogP contribution in [-0.2, 0) is 0 Å². The van der Waals surface area contributed by atoms with Gasteiger partial charge in [-0.15, -0.1) is 0 Å². The third-order valence-corrected chi connectivity index (χ3v) is 11.8. The summed E-state index contributed by atoms with van der Waals surface area (Å²) in [5, 5.41) is 10.6. The lowest BCUT2D eigenvalue weighted by atomic mass is 9.45. The Bertz CT molecular complexity index is 746. The van der Waals surface area contributed by atoms with Crippen molar-refractivity contribution in [1.29, 1.82) is 0 Å². The predicted octanol–water partition coefficient (Wildman–Crippen LogP) is 8.34. The third-order valence-electron chi connectivity index (χ3n) is 11.8. The molecule has 0 aromatic heterocycles. The molecule has 0 spiro atoms. The van der Waals surface area contributed by atoms with Crippen LogP contribution in [0.1, 0.15) is 113 Å². The van der Waals surface area contributed by atoms with Crippen molar-refractivity contribution >= 4 is 0 Å². The summed E-state index contributed by atoms with van der Waals surface area (Å²) in [5.41, 5.74) is 6.35. The molecule has 1 heteroatoms. The normalized spacial score (nSPS) is 45.8. The minimum absolute atomic E-state index is 0.0815. The van der Waals surface area contributed by atoms with Crippen molar-refractivity contribution in [2.75, 3.05) is 0 Å². The first-order chi connectivity index (χ1) is 14.5. The quantitative estimate of drug-likeness (QED) is 0.438. The molecule has 2 saturated carbocycles. The molecule has 4 aliphatic carbocycles. The summed E-state index contributed by atoms with van der Waals surface area (Å²) in [7, 11) is 0. The van der Waals surface area contributed by atoms with Crippen LogP contribution < -0.4 is 0 Å². The Labute approximate surface area is 193 Å². The van der Waals surface area contributed by atoms with E-state index in [0.29, 0.717) is 34.0 Å². The third kappa shape index (κ3) is 3.43.